The number of benzene rings is 2. The molecule has 0 spiro atoms. The summed E-state index contributed by atoms with van der Waals surface area (Å²) in [6.45, 7) is 0.393. The summed E-state index contributed by atoms with van der Waals surface area (Å²) in [5, 5.41) is 14.0. The molecule has 0 aliphatic carbocycles. The van der Waals surface area contributed by atoms with Crippen molar-refractivity contribution in [2.75, 3.05) is 27.7 Å². The topological polar surface area (TPSA) is 93.9 Å². The normalized spacial score (nSPS) is 11.5. The van der Waals surface area contributed by atoms with Gasteiger partial charge in [0.15, 0.2) is 0 Å². The summed E-state index contributed by atoms with van der Waals surface area (Å²) < 4.78 is 10.8. The molecule has 0 saturated carbocycles. The van der Waals surface area contributed by atoms with E-state index in [0.29, 0.717) is 24.5 Å². The molecule has 8 heteroatoms. The van der Waals surface area contributed by atoms with Gasteiger partial charge in [-0.05, 0) is 30.8 Å². The SMILES string of the molecule is CNC(CCOc1cccc([N+](=O)[O-])c1)c1ccc(OC(=O)N(C)C)cc1. The van der Waals surface area contributed by atoms with Gasteiger partial charge in [-0.3, -0.25) is 10.1 Å². The van der Waals surface area contributed by atoms with E-state index in [0.717, 1.165) is 5.56 Å². The average molecular weight is 373 g/mol. The van der Waals surface area contributed by atoms with Gasteiger partial charge >= 0.3 is 6.09 Å². The monoisotopic (exact) mass is 373 g/mol. The van der Waals surface area contributed by atoms with E-state index in [1.54, 1.807) is 38.4 Å². The number of nitrogens with zero attached hydrogens (tertiary/aromatic N) is 2. The number of nitrogens with one attached hydrogen (secondary N) is 1. The van der Waals surface area contributed by atoms with Crippen LogP contribution < -0.4 is 14.8 Å². The highest BCUT2D eigenvalue weighted by Crippen LogP contribution is 2.23. The first-order chi connectivity index (χ1) is 12.9. The maximum atomic E-state index is 11.6. The van der Waals surface area contributed by atoms with Crippen LogP contribution in [0.1, 0.15) is 18.0 Å². The van der Waals surface area contributed by atoms with Crippen molar-refractivity contribution in [3.05, 3.63) is 64.2 Å². The van der Waals surface area contributed by atoms with Crippen molar-refractivity contribution in [2.45, 2.75) is 12.5 Å². The van der Waals surface area contributed by atoms with Crippen molar-refractivity contribution >= 4 is 11.8 Å². The van der Waals surface area contributed by atoms with Crippen LogP contribution in [0, 0.1) is 10.1 Å². The van der Waals surface area contributed by atoms with E-state index in [-0.39, 0.29) is 11.7 Å². The predicted molar refractivity (Wildman–Crippen MR) is 101 cm³/mol. The van der Waals surface area contributed by atoms with Crippen LogP contribution in [0.25, 0.3) is 0 Å². The standard InChI is InChI=1S/C19H23N3O5/c1-20-18(11-12-26-17-6-4-5-15(13-17)22(24)25)14-7-9-16(10-8-14)27-19(23)21(2)3/h4-10,13,18,20H,11-12H2,1-3H3. The molecular formula is C19H23N3O5. The van der Waals surface area contributed by atoms with Crippen molar-refractivity contribution in [2.24, 2.45) is 0 Å². The molecule has 1 N–H and O–H groups in total. The Kier molecular flexibility index (Phi) is 7.13. The lowest BCUT2D eigenvalue weighted by atomic mass is 10.0. The van der Waals surface area contributed by atoms with Gasteiger partial charge in [0.05, 0.1) is 17.6 Å². The molecule has 2 rings (SSSR count). The lowest BCUT2D eigenvalue weighted by Gasteiger charge is -2.18. The van der Waals surface area contributed by atoms with E-state index >= 15 is 0 Å². The highest BCUT2D eigenvalue weighted by molar-refractivity contribution is 5.69. The van der Waals surface area contributed by atoms with Gasteiger partial charge in [0.2, 0.25) is 0 Å². The Labute approximate surface area is 157 Å². The van der Waals surface area contributed by atoms with E-state index < -0.39 is 11.0 Å². The Bertz CT molecular complexity index is 777. The summed E-state index contributed by atoms with van der Waals surface area (Å²) in [5.41, 5.74) is 1.02. The number of hydrogen-bond donors (Lipinski definition) is 1. The third kappa shape index (κ3) is 5.96. The largest absolute Gasteiger partial charge is 0.493 e. The second-order valence-electron chi connectivity index (χ2n) is 6.06. The Hall–Kier alpha value is -3.13. The molecule has 0 aliphatic heterocycles. The molecule has 2 aromatic rings. The van der Waals surface area contributed by atoms with Gasteiger partial charge in [-0.1, -0.05) is 18.2 Å². The van der Waals surface area contributed by atoms with E-state index in [9.17, 15) is 14.9 Å². The maximum absolute atomic E-state index is 11.6. The van der Waals surface area contributed by atoms with Gasteiger partial charge in [-0.15, -0.1) is 0 Å². The van der Waals surface area contributed by atoms with Crippen LogP contribution in [0.15, 0.2) is 48.5 Å². The first-order valence-electron chi connectivity index (χ1n) is 8.44. The number of carbonyl (C=O) groups is 1. The molecule has 1 atom stereocenters. The summed E-state index contributed by atoms with van der Waals surface area (Å²) in [5.74, 6) is 0.935. The fraction of sp³-hybridized carbons (Fsp3) is 0.316. The Morgan fingerprint density at radius 1 is 1.19 bits per heavy atom. The van der Waals surface area contributed by atoms with Gasteiger partial charge in [0, 0.05) is 32.6 Å². The number of nitro benzene ring substituents is 1. The van der Waals surface area contributed by atoms with Crippen LogP contribution >= 0.6 is 0 Å². The van der Waals surface area contributed by atoms with Gasteiger partial charge < -0.3 is 19.7 Å². The first-order valence-corrected chi connectivity index (χ1v) is 8.44. The smallest absolute Gasteiger partial charge is 0.414 e. The van der Waals surface area contributed by atoms with Crippen LogP contribution in [0.4, 0.5) is 10.5 Å². The number of carbonyl (C=O) groups excluding carboxylic acids is 1. The van der Waals surface area contributed by atoms with Gasteiger partial charge in [-0.2, -0.15) is 0 Å². The predicted octanol–water partition coefficient (Wildman–Crippen LogP) is 3.38. The molecule has 0 aliphatic rings. The Morgan fingerprint density at radius 3 is 2.48 bits per heavy atom. The number of hydrogen-bond acceptors (Lipinski definition) is 6. The molecule has 144 valence electrons. The number of amides is 1. The molecule has 0 fully saturated rings. The summed E-state index contributed by atoms with van der Waals surface area (Å²) >= 11 is 0. The Balaban J connectivity index is 1.92. The zero-order valence-electron chi connectivity index (χ0n) is 15.5. The fourth-order valence-electron chi connectivity index (χ4n) is 2.42. The third-order valence-corrected chi connectivity index (χ3v) is 3.90. The van der Waals surface area contributed by atoms with Gasteiger partial charge in [0.1, 0.15) is 11.5 Å². The first kappa shape index (κ1) is 20.2. The molecule has 0 radical (unpaired) electrons. The van der Waals surface area contributed by atoms with Gasteiger partial charge in [-0.25, -0.2) is 4.79 Å². The lowest BCUT2D eigenvalue weighted by molar-refractivity contribution is -0.384. The minimum Gasteiger partial charge on any atom is -0.493 e. The minimum absolute atomic E-state index is 0.000488. The Morgan fingerprint density at radius 2 is 1.89 bits per heavy atom. The lowest BCUT2D eigenvalue weighted by Crippen LogP contribution is -2.25. The van der Waals surface area contributed by atoms with Crippen LogP contribution in [0.5, 0.6) is 11.5 Å². The third-order valence-electron chi connectivity index (χ3n) is 3.90. The molecule has 27 heavy (non-hydrogen) atoms. The zero-order chi connectivity index (χ0) is 19.8. The number of non-ortho nitro benzene ring substituents is 1. The number of nitro groups is 1. The maximum Gasteiger partial charge on any atom is 0.414 e. The van der Waals surface area contributed by atoms with Crippen molar-refractivity contribution in [1.29, 1.82) is 0 Å². The van der Waals surface area contributed by atoms with Crippen LogP contribution in [-0.2, 0) is 0 Å². The molecule has 0 aromatic heterocycles. The van der Waals surface area contributed by atoms with Crippen molar-refractivity contribution in [3.8, 4) is 11.5 Å². The molecule has 2 aromatic carbocycles. The molecule has 0 heterocycles. The molecule has 0 saturated heterocycles. The van der Waals surface area contributed by atoms with Gasteiger partial charge in [0.25, 0.3) is 5.69 Å². The molecule has 1 amide bonds. The van der Waals surface area contributed by atoms with Crippen LogP contribution in [0.2, 0.25) is 0 Å². The molecule has 1 unspecified atom stereocenters. The quantitative estimate of drug-likeness (QED) is 0.563. The van der Waals surface area contributed by atoms with Crippen molar-refractivity contribution < 1.29 is 19.2 Å². The summed E-state index contributed by atoms with van der Waals surface area (Å²) in [7, 11) is 5.09. The molecule has 0 bridgehead atoms. The van der Waals surface area contributed by atoms with E-state index in [1.807, 2.05) is 19.2 Å². The second-order valence-corrected chi connectivity index (χ2v) is 6.06. The average Bonchev–Trinajstić information content (AvgIpc) is 2.66. The second kappa shape index (κ2) is 9.54. The summed E-state index contributed by atoms with van der Waals surface area (Å²) in [6.07, 6.45) is 0.231. The van der Waals surface area contributed by atoms with E-state index in [1.165, 1.54) is 17.0 Å². The van der Waals surface area contributed by atoms with E-state index in [4.69, 9.17) is 9.47 Å². The van der Waals surface area contributed by atoms with Crippen molar-refractivity contribution in [1.82, 2.24) is 10.2 Å². The highest BCUT2D eigenvalue weighted by atomic mass is 16.6. The summed E-state index contributed by atoms with van der Waals surface area (Å²) in [4.78, 5) is 23.3. The summed E-state index contributed by atoms with van der Waals surface area (Å²) in [6, 6.07) is 13.4. The molecular weight excluding hydrogens is 350 g/mol. The van der Waals surface area contributed by atoms with Crippen LogP contribution in [0.3, 0.4) is 0 Å². The van der Waals surface area contributed by atoms with Crippen LogP contribution in [-0.4, -0.2) is 43.7 Å². The van der Waals surface area contributed by atoms with Crippen molar-refractivity contribution in [3.63, 3.8) is 0 Å². The molecule has 8 nitrogen and oxygen atoms in total. The fourth-order valence-corrected chi connectivity index (χ4v) is 2.42. The number of rotatable bonds is 8. The van der Waals surface area contributed by atoms with E-state index in [2.05, 4.69) is 5.32 Å². The highest BCUT2D eigenvalue weighted by Gasteiger charge is 2.12. The number of ether oxygens (including phenoxy) is 2. The minimum atomic E-state index is -0.450. The zero-order valence-corrected chi connectivity index (χ0v) is 15.5.